The Morgan fingerprint density at radius 2 is 1.88 bits per heavy atom. The molecule has 0 radical (unpaired) electrons. The average Bonchev–Trinajstić information content (AvgIpc) is 2.52. The molecule has 24 heavy (non-hydrogen) atoms. The maximum atomic E-state index is 13.5. The van der Waals surface area contributed by atoms with Gasteiger partial charge in [0.25, 0.3) is 0 Å². The topological polar surface area (TPSA) is 15.3 Å². The van der Waals surface area contributed by atoms with Crippen LogP contribution in [0.15, 0.2) is 18.2 Å². The highest BCUT2D eigenvalue weighted by Crippen LogP contribution is 2.39. The van der Waals surface area contributed by atoms with Crippen LogP contribution < -0.4 is 5.32 Å². The molecule has 0 aromatic heterocycles. The van der Waals surface area contributed by atoms with E-state index in [4.69, 9.17) is 11.6 Å². The molecule has 0 saturated carbocycles. The smallest absolute Gasteiger partial charge is 0.314 e. The Kier molecular flexibility index (Phi) is 8.85. The van der Waals surface area contributed by atoms with Crippen LogP contribution in [0.2, 0.25) is 5.02 Å². The summed E-state index contributed by atoms with van der Waals surface area (Å²) in [5.41, 5.74) is -0.232. The maximum absolute atomic E-state index is 13.5. The summed E-state index contributed by atoms with van der Waals surface area (Å²) in [7, 11) is 0. The summed E-state index contributed by atoms with van der Waals surface area (Å²) in [6.45, 7) is 5.29. The molecule has 0 unspecified atom stereocenters. The van der Waals surface area contributed by atoms with Crippen molar-refractivity contribution >= 4 is 24.0 Å². The predicted molar refractivity (Wildman–Crippen MR) is 95.0 cm³/mol. The monoisotopic (exact) mass is 384 g/mol. The van der Waals surface area contributed by atoms with Crippen LogP contribution in [0.4, 0.5) is 13.2 Å². The van der Waals surface area contributed by atoms with Gasteiger partial charge in [-0.25, -0.2) is 0 Å². The van der Waals surface area contributed by atoms with E-state index in [0.717, 1.165) is 57.9 Å². The largest absolute Gasteiger partial charge is 0.416 e. The Labute approximate surface area is 153 Å². The average molecular weight is 385 g/mol. The summed E-state index contributed by atoms with van der Waals surface area (Å²) in [6.07, 6.45) is -0.598. The van der Waals surface area contributed by atoms with Crippen molar-refractivity contribution in [3.63, 3.8) is 0 Å². The first-order valence-corrected chi connectivity index (χ1v) is 8.62. The summed E-state index contributed by atoms with van der Waals surface area (Å²) in [4.78, 5) is 2.17. The second-order valence-corrected chi connectivity index (χ2v) is 6.46. The van der Waals surface area contributed by atoms with Gasteiger partial charge in [0.15, 0.2) is 0 Å². The third-order valence-corrected chi connectivity index (χ3v) is 4.59. The first-order chi connectivity index (χ1) is 10.9. The number of hydrogen-bond donors (Lipinski definition) is 1. The van der Waals surface area contributed by atoms with E-state index >= 15 is 0 Å². The van der Waals surface area contributed by atoms with E-state index in [0.29, 0.717) is 5.56 Å². The minimum Gasteiger partial charge on any atom is -0.314 e. The van der Waals surface area contributed by atoms with Crippen LogP contribution in [0.5, 0.6) is 0 Å². The third-order valence-electron chi connectivity index (χ3n) is 4.35. The Morgan fingerprint density at radius 1 is 1.21 bits per heavy atom. The normalized spacial score (nSPS) is 17.4. The van der Waals surface area contributed by atoms with Crippen LogP contribution in [-0.4, -0.2) is 31.1 Å². The Morgan fingerprint density at radius 3 is 2.46 bits per heavy atom. The molecule has 2 rings (SSSR count). The number of nitrogens with one attached hydrogen (secondary N) is 1. The molecule has 1 atom stereocenters. The van der Waals surface area contributed by atoms with Crippen LogP contribution in [0.25, 0.3) is 0 Å². The second kappa shape index (κ2) is 9.85. The van der Waals surface area contributed by atoms with Crippen LogP contribution in [-0.2, 0) is 6.18 Å². The van der Waals surface area contributed by atoms with Gasteiger partial charge in [-0.15, -0.1) is 12.4 Å². The van der Waals surface area contributed by atoms with E-state index in [1.807, 2.05) is 0 Å². The SMILES string of the molecule is CCCCC[C@H](c1ccc(Cl)cc1C(F)(F)F)N1CCNCC1.Cl. The molecule has 1 fully saturated rings. The van der Waals surface area contributed by atoms with Crippen molar-refractivity contribution in [2.45, 2.75) is 44.8 Å². The fraction of sp³-hybridized carbons (Fsp3) is 0.647. The molecule has 0 spiro atoms. The number of halogens is 5. The van der Waals surface area contributed by atoms with Crippen molar-refractivity contribution in [2.24, 2.45) is 0 Å². The van der Waals surface area contributed by atoms with E-state index in [1.165, 1.54) is 0 Å². The van der Waals surface area contributed by atoms with Crippen molar-refractivity contribution in [1.29, 1.82) is 0 Å². The first kappa shape index (κ1) is 21.6. The Hall–Kier alpha value is -0.490. The van der Waals surface area contributed by atoms with Crippen molar-refractivity contribution in [3.8, 4) is 0 Å². The lowest BCUT2D eigenvalue weighted by molar-refractivity contribution is -0.138. The van der Waals surface area contributed by atoms with Crippen LogP contribution in [0.1, 0.15) is 49.8 Å². The maximum Gasteiger partial charge on any atom is 0.416 e. The predicted octanol–water partition coefficient (Wildman–Crippen LogP) is 5.31. The lowest BCUT2D eigenvalue weighted by Gasteiger charge is -2.36. The summed E-state index contributed by atoms with van der Waals surface area (Å²) in [5, 5.41) is 3.39. The summed E-state index contributed by atoms with van der Waals surface area (Å²) < 4.78 is 40.4. The van der Waals surface area contributed by atoms with Crippen molar-refractivity contribution in [2.75, 3.05) is 26.2 Å². The standard InChI is InChI=1S/C17H24ClF3N2.ClH/c1-2-3-4-5-16(23-10-8-22-9-11-23)14-7-6-13(18)12-15(14)17(19,20)21;/h6-7,12,16,22H,2-5,8-11H2,1H3;1H/t16-;/m1./s1. The highest BCUT2D eigenvalue weighted by molar-refractivity contribution is 6.30. The van der Waals surface area contributed by atoms with E-state index in [-0.39, 0.29) is 23.5 Å². The summed E-state index contributed by atoms with van der Waals surface area (Å²) >= 11 is 5.82. The van der Waals surface area contributed by atoms with Gasteiger partial charge in [-0.3, -0.25) is 4.90 Å². The van der Waals surface area contributed by atoms with Crippen LogP contribution in [0, 0.1) is 0 Å². The fourth-order valence-electron chi connectivity index (χ4n) is 3.18. The van der Waals surface area contributed by atoms with Gasteiger partial charge in [-0.2, -0.15) is 13.2 Å². The van der Waals surface area contributed by atoms with E-state index in [9.17, 15) is 13.2 Å². The van der Waals surface area contributed by atoms with Gasteiger partial charge in [0.1, 0.15) is 0 Å². The molecule has 138 valence electrons. The lowest BCUT2D eigenvalue weighted by atomic mass is 9.93. The van der Waals surface area contributed by atoms with Crippen molar-refractivity contribution in [3.05, 3.63) is 34.3 Å². The molecule has 0 bridgehead atoms. The van der Waals surface area contributed by atoms with Crippen molar-refractivity contribution < 1.29 is 13.2 Å². The minimum absolute atomic E-state index is 0. The molecule has 1 aromatic rings. The second-order valence-electron chi connectivity index (χ2n) is 6.03. The molecule has 1 aromatic carbocycles. The number of alkyl halides is 3. The van der Waals surface area contributed by atoms with Gasteiger partial charge >= 0.3 is 6.18 Å². The Bertz CT molecular complexity index is 503. The van der Waals surface area contributed by atoms with Crippen molar-refractivity contribution in [1.82, 2.24) is 10.2 Å². The molecular weight excluding hydrogens is 360 g/mol. The number of piperazine rings is 1. The van der Waals surface area contributed by atoms with Gasteiger partial charge in [0.2, 0.25) is 0 Å². The molecule has 7 heteroatoms. The quantitative estimate of drug-likeness (QED) is 0.668. The van der Waals surface area contributed by atoms with E-state index in [2.05, 4.69) is 17.1 Å². The zero-order chi connectivity index (χ0) is 16.9. The van der Waals surface area contributed by atoms with Gasteiger partial charge in [0.05, 0.1) is 5.56 Å². The molecule has 0 amide bonds. The number of nitrogens with zero attached hydrogens (tertiary/aromatic N) is 1. The van der Waals surface area contributed by atoms with Crippen LogP contribution in [0.3, 0.4) is 0 Å². The van der Waals surface area contributed by atoms with Gasteiger partial charge in [-0.1, -0.05) is 43.9 Å². The molecule has 0 aliphatic carbocycles. The lowest BCUT2D eigenvalue weighted by Crippen LogP contribution is -2.45. The molecule has 1 aliphatic heterocycles. The molecular formula is C17H25Cl2F3N2. The summed E-state index contributed by atoms with van der Waals surface area (Å²) in [5.74, 6) is 0. The van der Waals surface area contributed by atoms with Gasteiger partial charge in [-0.05, 0) is 24.1 Å². The molecule has 2 nitrogen and oxygen atoms in total. The van der Waals surface area contributed by atoms with E-state index in [1.54, 1.807) is 12.1 Å². The zero-order valence-corrected chi connectivity index (χ0v) is 15.4. The Balaban J connectivity index is 0.00000288. The summed E-state index contributed by atoms with van der Waals surface area (Å²) in [6, 6.07) is 3.99. The van der Waals surface area contributed by atoms with Gasteiger partial charge in [0, 0.05) is 37.2 Å². The number of benzene rings is 1. The molecule has 1 saturated heterocycles. The van der Waals surface area contributed by atoms with Gasteiger partial charge < -0.3 is 5.32 Å². The highest BCUT2D eigenvalue weighted by atomic mass is 35.5. The van der Waals surface area contributed by atoms with Crippen LogP contribution >= 0.6 is 24.0 Å². The highest BCUT2D eigenvalue weighted by Gasteiger charge is 2.36. The number of unbranched alkanes of at least 4 members (excludes halogenated alkanes) is 2. The number of rotatable bonds is 6. The molecule has 1 heterocycles. The third kappa shape index (κ3) is 5.80. The fourth-order valence-corrected chi connectivity index (χ4v) is 3.35. The molecule has 1 N–H and O–H groups in total. The van der Waals surface area contributed by atoms with E-state index < -0.39 is 11.7 Å². The first-order valence-electron chi connectivity index (χ1n) is 8.25. The molecule has 1 aliphatic rings. The minimum atomic E-state index is -4.38. The zero-order valence-electron chi connectivity index (χ0n) is 13.8. The number of hydrogen-bond acceptors (Lipinski definition) is 2.